The van der Waals surface area contributed by atoms with E-state index in [-0.39, 0.29) is 17.3 Å². The predicted octanol–water partition coefficient (Wildman–Crippen LogP) is 2.09. The maximum absolute atomic E-state index is 10.9. The number of aromatic nitrogens is 2. The lowest BCUT2D eigenvalue weighted by molar-refractivity contribution is 0.112. The molecule has 5 nitrogen and oxygen atoms in total. The number of carbonyl (C=O) groups is 1. The third-order valence-electron chi connectivity index (χ3n) is 2.60. The number of anilines is 1. The lowest BCUT2D eigenvalue weighted by Gasteiger charge is -2.13. The van der Waals surface area contributed by atoms with Crippen molar-refractivity contribution < 1.29 is 9.90 Å². The van der Waals surface area contributed by atoms with Crippen LogP contribution in [0.1, 0.15) is 22.0 Å². The maximum Gasteiger partial charge on any atom is 0.156 e. The Bertz CT molecular complexity index is 563. The van der Waals surface area contributed by atoms with Crippen LogP contribution in [0.4, 0.5) is 5.82 Å². The smallest absolute Gasteiger partial charge is 0.156 e. The second-order valence-electron chi connectivity index (χ2n) is 3.85. The second-order valence-corrected chi connectivity index (χ2v) is 4.21. The van der Waals surface area contributed by atoms with Gasteiger partial charge >= 0.3 is 0 Å². The van der Waals surface area contributed by atoms with E-state index in [9.17, 15) is 9.90 Å². The minimum atomic E-state index is -0.700. The number of aldehydes is 1. The third kappa shape index (κ3) is 3.27. The highest BCUT2D eigenvalue weighted by molar-refractivity contribution is 6.32. The van der Waals surface area contributed by atoms with Crippen LogP contribution in [0.3, 0.4) is 0 Å². The Hall–Kier alpha value is -1.98. The number of aliphatic hydroxyl groups excluding tert-OH is 1. The number of aliphatic hydroxyl groups is 1. The highest BCUT2D eigenvalue weighted by Crippen LogP contribution is 2.19. The monoisotopic (exact) mass is 277 g/mol. The van der Waals surface area contributed by atoms with Gasteiger partial charge in [-0.1, -0.05) is 41.9 Å². The summed E-state index contributed by atoms with van der Waals surface area (Å²) < 4.78 is 0. The number of hydrogen-bond acceptors (Lipinski definition) is 5. The van der Waals surface area contributed by atoms with Gasteiger partial charge in [0.2, 0.25) is 0 Å². The van der Waals surface area contributed by atoms with Crippen molar-refractivity contribution in [1.82, 2.24) is 9.97 Å². The Morgan fingerprint density at radius 1 is 1.32 bits per heavy atom. The lowest BCUT2D eigenvalue weighted by atomic mass is 10.1. The van der Waals surface area contributed by atoms with Crippen LogP contribution in [0.5, 0.6) is 0 Å². The molecule has 0 saturated carbocycles. The number of nitrogens with zero attached hydrogens (tertiary/aromatic N) is 2. The predicted molar refractivity (Wildman–Crippen MR) is 72.3 cm³/mol. The molecular formula is C13H12ClN3O2. The highest BCUT2D eigenvalue weighted by atomic mass is 35.5. The Balaban J connectivity index is 2.07. The van der Waals surface area contributed by atoms with Crippen LogP contribution in [0.15, 0.2) is 36.7 Å². The zero-order chi connectivity index (χ0) is 13.7. The molecule has 19 heavy (non-hydrogen) atoms. The summed E-state index contributed by atoms with van der Waals surface area (Å²) in [6.07, 6.45) is 1.14. The molecule has 0 amide bonds. The van der Waals surface area contributed by atoms with E-state index in [0.717, 1.165) is 5.56 Å². The van der Waals surface area contributed by atoms with E-state index in [0.29, 0.717) is 12.1 Å². The summed E-state index contributed by atoms with van der Waals surface area (Å²) in [5, 5.41) is 13.0. The van der Waals surface area contributed by atoms with Gasteiger partial charge in [-0.25, -0.2) is 9.97 Å². The molecule has 0 fully saturated rings. The average Bonchev–Trinajstić information content (AvgIpc) is 2.45. The summed E-state index contributed by atoms with van der Waals surface area (Å²) in [6, 6.07) is 9.20. The van der Waals surface area contributed by atoms with Gasteiger partial charge in [0.05, 0.1) is 11.7 Å². The fourth-order valence-electron chi connectivity index (χ4n) is 1.61. The van der Waals surface area contributed by atoms with Crippen molar-refractivity contribution >= 4 is 23.7 Å². The average molecular weight is 278 g/mol. The van der Waals surface area contributed by atoms with E-state index < -0.39 is 6.10 Å². The summed E-state index contributed by atoms with van der Waals surface area (Å²) in [5.74, 6) is 0.310. The molecular weight excluding hydrogens is 266 g/mol. The lowest BCUT2D eigenvalue weighted by Crippen LogP contribution is -2.14. The zero-order valence-electron chi connectivity index (χ0n) is 9.95. The highest BCUT2D eigenvalue weighted by Gasteiger charge is 2.11. The van der Waals surface area contributed by atoms with Gasteiger partial charge < -0.3 is 10.4 Å². The van der Waals surface area contributed by atoms with Gasteiger partial charge in [-0.3, -0.25) is 4.79 Å². The Kier molecular flexibility index (Phi) is 4.43. The summed E-state index contributed by atoms with van der Waals surface area (Å²) >= 11 is 5.78. The molecule has 0 aliphatic rings. The van der Waals surface area contributed by atoms with Crippen LogP contribution < -0.4 is 5.32 Å². The first-order valence-electron chi connectivity index (χ1n) is 5.65. The fourth-order valence-corrected chi connectivity index (χ4v) is 1.78. The third-order valence-corrected chi connectivity index (χ3v) is 2.90. The molecule has 0 aliphatic heterocycles. The van der Waals surface area contributed by atoms with Crippen LogP contribution in [0.25, 0.3) is 0 Å². The molecule has 2 aromatic rings. The molecule has 1 atom stereocenters. The van der Waals surface area contributed by atoms with Gasteiger partial charge in [0.15, 0.2) is 6.29 Å². The first-order valence-corrected chi connectivity index (χ1v) is 6.02. The largest absolute Gasteiger partial charge is 0.387 e. The molecule has 1 heterocycles. The van der Waals surface area contributed by atoms with E-state index in [1.165, 1.54) is 6.33 Å². The van der Waals surface area contributed by atoms with Crippen molar-refractivity contribution in [2.45, 2.75) is 6.10 Å². The summed E-state index contributed by atoms with van der Waals surface area (Å²) in [7, 11) is 0. The molecule has 0 radical (unpaired) electrons. The quantitative estimate of drug-likeness (QED) is 0.646. The van der Waals surface area contributed by atoms with Crippen molar-refractivity contribution in [3.05, 3.63) is 52.9 Å². The van der Waals surface area contributed by atoms with E-state index in [2.05, 4.69) is 15.3 Å². The maximum atomic E-state index is 10.9. The molecule has 0 bridgehead atoms. The van der Waals surface area contributed by atoms with Crippen molar-refractivity contribution in [3.8, 4) is 0 Å². The van der Waals surface area contributed by atoms with Crippen LogP contribution in [-0.2, 0) is 0 Å². The number of halogens is 1. The van der Waals surface area contributed by atoms with Gasteiger partial charge in [0, 0.05) is 6.54 Å². The van der Waals surface area contributed by atoms with Crippen molar-refractivity contribution in [1.29, 1.82) is 0 Å². The van der Waals surface area contributed by atoms with Gasteiger partial charge in [-0.15, -0.1) is 0 Å². The Labute approximate surface area is 115 Å². The second kappa shape index (κ2) is 6.26. The molecule has 98 valence electrons. The molecule has 0 aliphatic carbocycles. The SMILES string of the molecule is O=Cc1c(Cl)ncnc1NCC(O)c1ccccc1. The number of nitrogens with one attached hydrogen (secondary N) is 1. The van der Waals surface area contributed by atoms with Crippen LogP contribution in [0, 0.1) is 0 Å². The van der Waals surface area contributed by atoms with E-state index in [1.54, 1.807) is 0 Å². The number of benzene rings is 1. The first kappa shape index (κ1) is 13.5. The summed E-state index contributed by atoms with van der Waals surface area (Å²) in [6.45, 7) is 0.220. The zero-order valence-corrected chi connectivity index (χ0v) is 10.7. The van der Waals surface area contributed by atoms with Gasteiger partial charge in [0.25, 0.3) is 0 Å². The van der Waals surface area contributed by atoms with Crippen molar-refractivity contribution in [2.75, 3.05) is 11.9 Å². The Morgan fingerprint density at radius 3 is 2.74 bits per heavy atom. The molecule has 2 N–H and O–H groups in total. The van der Waals surface area contributed by atoms with Crippen LogP contribution in [-0.4, -0.2) is 27.9 Å². The van der Waals surface area contributed by atoms with E-state index in [1.807, 2.05) is 30.3 Å². The number of hydrogen-bond donors (Lipinski definition) is 2. The van der Waals surface area contributed by atoms with Gasteiger partial charge in [0.1, 0.15) is 17.3 Å². The van der Waals surface area contributed by atoms with Crippen molar-refractivity contribution in [3.63, 3.8) is 0 Å². The normalized spacial score (nSPS) is 11.9. The summed E-state index contributed by atoms with van der Waals surface area (Å²) in [5.41, 5.74) is 0.965. The van der Waals surface area contributed by atoms with Crippen molar-refractivity contribution in [2.24, 2.45) is 0 Å². The van der Waals surface area contributed by atoms with Crippen LogP contribution >= 0.6 is 11.6 Å². The minimum absolute atomic E-state index is 0.0849. The minimum Gasteiger partial charge on any atom is -0.387 e. The standard InChI is InChI=1S/C13H12ClN3O2/c14-12-10(7-18)13(17-8-16-12)15-6-11(19)9-4-2-1-3-5-9/h1-5,7-8,11,19H,6H2,(H,15,16,17). The topological polar surface area (TPSA) is 75.1 Å². The number of rotatable bonds is 5. The first-order chi connectivity index (χ1) is 9.22. The molecule has 1 aromatic heterocycles. The molecule has 2 rings (SSSR count). The van der Waals surface area contributed by atoms with Gasteiger partial charge in [-0.2, -0.15) is 0 Å². The van der Waals surface area contributed by atoms with Gasteiger partial charge in [-0.05, 0) is 5.56 Å². The van der Waals surface area contributed by atoms with E-state index >= 15 is 0 Å². The molecule has 0 spiro atoms. The molecule has 0 saturated heterocycles. The summed E-state index contributed by atoms with van der Waals surface area (Å²) in [4.78, 5) is 18.5. The number of carbonyl (C=O) groups excluding carboxylic acids is 1. The van der Waals surface area contributed by atoms with E-state index in [4.69, 9.17) is 11.6 Å². The molecule has 1 unspecified atom stereocenters. The molecule has 6 heteroatoms. The van der Waals surface area contributed by atoms with Crippen LogP contribution in [0.2, 0.25) is 5.15 Å². The Morgan fingerprint density at radius 2 is 2.05 bits per heavy atom. The fraction of sp³-hybridized carbons (Fsp3) is 0.154. The molecule has 1 aromatic carbocycles.